The predicted octanol–water partition coefficient (Wildman–Crippen LogP) is -0.151. The molecule has 0 radical (unpaired) electrons. The minimum atomic E-state index is -1.28. The van der Waals surface area contributed by atoms with Crippen LogP contribution in [-0.4, -0.2) is 23.1 Å². The molecule has 1 aromatic rings. The van der Waals surface area contributed by atoms with Crippen LogP contribution in [0.2, 0.25) is 0 Å². The summed E-state index contributed by atoms with van der Waals surface area (Å²) >= 11 is 0. The molecule has 0 aliphatic rings. The van der Waals surface area contributed by atoms with Gasteiger partial charge in [0.15, 0.2) is 0 Å². The molecule has 0 aliphatic carbocycles. The van der Waals surface area contributed by atoms with Crippen LogP contribution in [0.1, 0.15) is 5.56 Å². The van der Waals surface area contributed by atoms with Gasteiger partial charge >= 0.3 is 0 Å². The quantitative estimate of drug-likeness (QED) is 0.399. The Labute approximate surface area is 81.9 Å². The molecule has 0 fully saturated rings. The van der Waals surface area contributed by atoms with Gasteiger partial charge in [-0.15, -0.1) is 0 Å². The molecule has 78 valence electrons. The van der Waals surface area contributed by atoms with Crippen LogP contribution >= 0.6 is 0 Å². The highest BCUT2D eigenvalue weighted by molar-refractivity contribution is 5.63. The van der Waals surface area contributed by atoms with Crippen LogP contribution in [0.4, 0.5) is 11.4 Å². The lowest BCUT2D eigenvalue weighted by Gasteiger charge is -2.14. The normalized spacial score (nSPS) is 12.5. The number of ether oxygens (including phenoxy) is 1. The van der Waals surface area contributed by atoms with Gasteiger partial charge in [-0.1, -0.05) is 0 Å². The van der Waals surface area contributed by atoms with Crippen molar-refractivity contribution in [2.75, 3.05) is 18.1 Å². The Morgan fingerprint density at radius 2 is 2.00 bits per heavy atom. The highest BCUT2D eigenvalue weighted by atomic mass is 16.6. The molecular formula is C9H14N2O3. The maximum Gasteiger partial charge on any atom is 0.220 e. The molecule has 0 heterocycles. The smallest absolute Gasteiger partial charge is 0.220 e. The van der Waals surface area contributed by atoms with Crippen molar-refractivity contribution in [2.24, 2.45) is 0 Å². The molecule has 0 saturated heterocycles. The van der Waals surface area contributed by atoms with E-state index < -0.39 is 12.9 Å². The Balaban J connectivity index is 2.92. The number of nitrogen functional groups attached to an aromatic ring is 2. The van der Waals surface area contributed by atoms with Crippen molar-refractivity contribution in [2.45, 2.75) is 13.2 Å². The second-order valence-corrected chi connectivity index (χ2v) is 3.00. The number of aryl methyl sites for hydroxylation is 1. The third-order valence-electron chi connectivity index (χ3n) is 1.82. The predicted molar refractivity (Wildman–Crippen MR) is 53.7 cm³/mol. The number of nitrogens with two attached hydrogens (primary N) is 2. The molecule has 5 heteroatoms. The van der Waals surface area contributed by atoms with Crippen LogP contribution in [0.3, 0.4) is 0 Å². The minimum absolute atomic E-state index is 0.273. The monoisotopic (exact) mass is 198 g/mol. The van der Waals surface area contributed by atoms with Crippen LogP contribution in [0, 0.1) is 6.92 Å². The van der Waals surface area contributed by atoms with Gasteiger partial charge in [0, 0.05) is 11.8 Å². The van der Waals surface area contributed by atoms with E-state index in [1.54, 1.807) is 6.07 Å². The summed E-state index contributed by atoms with van der Waals surface area (Å²) in [4.78, 5) is 0. The van der Waals surface area contributed by atoms with E-state index in [1.807, 2.05) is 6.92 Å². The molecule has 1 rings (SSSR count). The molecule has 0 saturated carbocycles. The summed E-state index contributed by atoms with van der Waals surface area (Å²) in [5.74, 6) is 0.273. The first-order valence-electron chi connectivity index (χ1n) is 4.15. The molecular weight excluding hydrogens is 184 g/mol. The average molecular weight is 198 g/mol. The van der Waals surface area contributed by atoms with Crippen molar-refractivity contribution in [3.8, 4) is 5.75 Å². The molecule has 5 nitrogen and oxygen atoms in total. The third-order valence-corrected chi connectivity index (χ3v) is 1.82. The van der Waals surface area contributed by atoms with E-state index in [0.717, 1.165) is 5.56 Å². The summed E-state index contributed by atoms with van der Waals surface area (Å²) < 4.78 is 4.93. The summed E-state index contributed by atoms with van der Waals surface area (Å²) in [6.07, 6.45) is -1.28. The number of benzene rings is 1. The minimum Gasteiger partial charge on any atom is -0.460 e. The zero-order valence-electron chi connectivity index (χ0n) is 7.90. The van der Waals surface area contributed by atoms with E-state index in [1.165, 1.54) is 6.07 Å². The van der Waals surface area contributed by atoms with E-state index in [-0.39, 0.29) is 5.75 Å². The first-order chi connectivity index (χ1) is 6.54. The second-order valence-electron chi connectivity index (χ2n) is 3.00. The fraction of sp³-hybridized carbons (Fsp3) is 0.333. The van der Waals surface area contributed by atoms with Crippen molar-refractivity contribution in [3.63, 3.8) is 0 Å². The number of aliphatic hydroxyl groups excluding tert-OH is 2. The van der Waals surface area contributed by atoms with Crippen molar-refractivity contribution >= 4 is 11.4 Å². The van der Waals surface area contributed by atoms with E-state index >= 15 is 0 Å². The van der Waals surface area contributed by atoms with Crippen LogP contribution in [-0.2, 0) is 0 Å². The fourth-order valence-electron chi connectivity index (χ4n) is 1.01. The zero-order valence-corrected chi connectivity index (χ0v) is 7.90. The largest absolute Gasteiger partial charge is 0.460 e. The number of rotatable bonds is 3. The van der Waals surface area contributed by atoms with E-state index in [0.29, 0.717) is 11.4 Å². The van der Waals surface area contributed by atoms with Gasteiger partial charge in [0.05, 0.1) is 5.69 Å². The van der Waals surface area contributed by atoms with E-state index in [4.69, 9.17) is 26.4 Å². The molecule has 0 aromatic heterocycles. The lowest BCUT2D eigenvalue weighted by molar-refractivity contribution is -0.0543. The molecule has 0 spiro atoms. The number of anilines is 2. The lowest BCUT2D eigenvalue weighted by Crippen LogP contribution is -2.20. The Morgan fingerprint density at radius 1 is 1.36 bits per heavy atom. The number of hydrogen-bond donors (Lipinski definition) is 4. The van der Waals surface area contributed by atoms with Gasteiger partial charge in [-0.25, -0.2) is 0 Å². The van der Waals surface area contributed by atoms with Crippen LogP contribution in [0.5, 0.6) is 5.75 Å². The topological polar surface area (TPSA) is 102 Å². The van der Waals surface area contributed by atoms with Crippen LogP contribution < -0.4 is 16.2 Å². The van der Waals surface area contributed by atoms with E-state index in [9.17, 15) is 0 Å². The molecule has 0 amide bonds. The fourth-order valence-corrected chi connectivity index (χ4v) is 1.01. The summed E-state index contributed by atoms with van der Waals surface area (Å²) in [5, 5.41) is 17.6. The van der Waals surface area contributed by atoms with Crippen molar-refractivity contribution in [3.05, 3.63) is 17.7 Å². The molecule has 14 heavy (non-hydrogen) atoms. The van der Waals surface area contributed by atoms with Crippen molar-refractivity contribution < 1.29 is 14.9 Å². The summed E-state index contributed by atoms with van der Waals surface area (Å²) in [6, 6.07) is 3.16. The Bertz CT molecular complexity index is 328. The highest BCUT2D eigenvalue weighted by Crippen LogP contribution is 2.27. The maximum atomic E-state index is 9.03. The summed E-state index contributed by atoms with van der Waals surface area (Å²) in [5.41, 5.74) is 13.0. The summed E-state index contributed by atoms with van der Waals surface area (Å²) in [6.45, 7) is 1.32. The Kier molecular flexibility index (Phi) is 3.16. The zero-order chi connectivity index (χ0) is 10.7. The van der Waals surface area contributed by atoms with Gasteiger partial charge in [0.25, 0.3) is 0 Å². The Hall–Kier alpha value is -1.46. The first-order valence-corrected chi connectivity index (χ1v) is 4.15. The standard InChI is InChI=1S/C9H14N2O3/c1-5-2-7(11)8(3-6(5)10)14-9(13)4-12/h2-3,9,12-13H,4,10-11H2,1H3. The second kappa shape index (κ2) is 4.17. The van der Waals surface area contributed by atoms with Gasteiger partial charge < -0.3 is 26.4 Å². The molecule has 0 aliphatic heterocycles. The first kappa shape index (κ1) is 10.6. The number of hydrogen-bond acceptors (Lipinski definition) is 5. The van der Waals surface area contributed by atoms with Crippen LogP contribution in [0.25, 0.3) is 0 Å². The van der Waals surface area contributed by atoms with Gasteiger partial charge in [0.2, 0.25) is 6.29 Å². The van der Waals surface area contributed by atoms with E-state index in [2.05, 4.69) is 0 Å². The highest BCUT2D eigenvalue weighted by Gasteiger charge is 2.08. The summed E-state index contributed by atoms with van der Waals surface area (Å²) in [7, 11) is 0. The number of aliphatic hydroxyl groups is 2. The molecule has 1 atom stereocenters. The van der Waals surface area contributed by atoms with Gasteiger partial charge in [-0.2, -0.15) is 0 Å². The van der Waals surface area contributed by atoms with Crippen LogP contribution in [0.15, 0.2) is 12.1 Å². The molecule has 6 N–H and O–H groups in total. The Morgan fingerprint density at radius 3 is 2.57 bits per heavy atom. The van der Waals surface area contributed by atoms with Gasteiger partial charge in [-0.3, -0.25) is 0 Å². The molecule has 1 aromatic carbocycles. The van der Waals surface area contributed by atoms with Gasteiger partial charge in [-0.05, 0) is 18.6 Å². The third kappa shape index (κ3) is 2.27. The SMILES string of the molecule is Cc1cc(N)c(OC(O)CO)cc1N. The van der Waals surface area contributed by atoms with Crippen molar-refractivity contribution in [1.82, 2.24) is 0 Å². The molecule has 0 bridgehead atoms. The maximum absolute atomic E-state index is 9.03. The lowest BCUT2D eigenvalue weighted by atomic mass is 10.1. The van der Waals surface area contributed by atoms with Gasteiger partial charge in [0.1, 0.15) is 12.4 Å². The average Bonchev–Trinajstić information content (AvgIpc) is 2.14. The van der Waals surface area contributed by atoms with Crippen molar-refractivity contribution in [1.29, 1.82) is 0 Å². The molecule has 1 unspecified atom stereocenters.